The molecule has 1 aliphatic rings. The van der Waals surface area contributed by atoms with E-state index in [1.165, 1.54) is 25.0 Å². The molecule has 1 unspecified atom stereocenters. The molecule has 1 fully saturated rings. The molecule has 0 aliphatic carbocycles. The predicted octanol–water partition coefficient (Wildman–Crippen LogP) is 1.00. The van der Waals surface area contributed by atoms with Crippen LogP contribution in [0.3, 0.4) is 0 Å². The maximum atomic E-state index is 11.3. The van der Waals surface area contributed by atoms with Gasteiger partial charge in [-0.05, 0) is 24.5 Å². The second-order valence-electron chi connectivity index (χ2n) is 3.73. The third-order valence-electron chi connectivity index (χ3n) is 2.58. The minimum Gasteiger partial charge on any atom is -0.467 e. The Kier molecular flexibility index (Phi) is 6.84. The fraction of sp³-hybridized carbons (Fsp3) is 0.909. The van der Waals surface area contributed by atoms with E-state index >= 15 is 0 Å². The molecule has 0 bridgehead atoms. The Hall–Kier alpha value is -0.260. The second-order valence-corrected chi connectivity index (χ2v) is 5.13. The maximum absolute atomic E-state index is 11.3. The molecule has 1 atom stereocenters. The van der Waals surface area contributed by atoms with Gasteiger partial charge in [-0.3, -0.25) is 4.90 Å². The summed E-state index contributed by atoms with van der Waals surface area (Å²) < 4.78 is 10.1. The molecule has 0 amide bonds. The fourth-order valence-electron chi connectivity index (χ4n) is 1.71. The van der Waals surface area contributed by atoms with Crippen LogP contribution in [0.25, 0.3) is 0 Å². The predicted molar refractivity (Wildman–Crippen MR) is 65.8 cm³/mol. The highest BCUT2D eigenvalue weighted by Gasteiger charge is 2.26. The number of ether oxygens (including phenoxy) is 2. The van der Waals surface area contributed by atoms with E-state index in [1.807, 2.05) is 11.8 Å². The molecule has 0 aromatic rings. The van der Waals surface area contributed by atoms with Gasteiger partial charge in [0.05, 0.1) is 13.7 Å². The van der Waals surface area contributed by atoms with E-state index in [1.54, 1.807) is 0 Å². The Labute approximate surface area is 102 Å². The highest BCUT2D eigenvalue weighted by molar-refractivity contribution is 7.99. The lowest BCUT2D eigenvalue weighted by Crippen LogP contribution is -2.46. The molecule has 1 saturated heterocycles. The van der Waals surface area contributed by atoms with Crippen LogP contribution in [0.2, 0.25) is 0 Å². The van der Waals surface area contributed by atoms with Gasteiger partial charge in [0.25, 0.3) is 0 Å². The van der Waals surface area contributed by atoms with E-state index in [0.29, 0.717) is 13.2 Å². The van der Waals surface area contributed by atoms with E-state index in [2.05, 4.69) is 16.6 Å². The molecule has 1 rings (SSSR count). The monoisotopic (exact) mass is 247 g/mol. The van der Waals surface area contributed by atoms with Crippen molar-refractivity contribution in [1.82, 2.24) is 4.90 Å². The zero-order valence-electron chi connectivity index (χ0n) is 10.1. The van der Waals surface area contributed by atoms with Crippen molar-refractivity contribution in [3.8, 4) is 0 Å². The normalized spacial score (nSPS) is 22.0. The van der Waals surface area contributed by atoms with Crippen LogP contribution in [0.4, 0.5) is 0 Å². The second kappa shape index (κ2) is 7.92. The summed E-state index contributed by atoms with van der Waals surface area (Å²) in [4.78, 5) is 13.6. The lowest BCUT2D eigenvalue weighted by atomic mass is 10.2. The molecule has 5 heteroatoms. The van der Waals surface area contributed by atoms with Gasteiger partial charge in [-0.25, -0.2) is 4.79 Å². The van der Waals surface area contributed by atoms with Crippen LogP contribution in [0.1, 0.15) is 13.3 Å². The van der Waals surface area contributed by atoms with Gasteiger partial charge >= 0.3 is 5.97 Å². The van der Waals surface area contributed by atoms with E-state index in [-0.39, 0.29) is 5.97 Å². The van der Waals surface area contributed by atoms with Crippen LogP contribution in [0.15, 0.2) is 0 Å². The lowest BCUT2D eigenvalue weighted by Gasteiger charge is -2.31. The van der Waals surface area contributed by atoms with Crippen molar-refractivity contribution in [3.63, 3.8) is 0 Å². The minimum atomic E-state index is -0.391. The van der Waals surface area contributed by atoms with E-state index in [0.717, 1.165) is 13.1 Å². The average Bonchev–Trinajstić information content (AvgIpc) is 2.34. The van der Waals surface area contributed by atoms with Crippen molar-refractivity contribution in [2.75, 3.05) is 44.9 Å². The number of morpholine rings is 1. The van der Waals surface area contributed by atoms with Crippen LogP contribution in [0, 0.1) is 0 Å². The zero-order valence-corrected chi connectivity index (χ0v) is 10.9. The van der Waals surface area contributed by atoms with Crippen molar-refractivity contribution in [2.24, 2.45) is 0 Å². The Morgan fingerprint density at radius 3 is 3.12 bits per heavy atom. The molecule has 0 N–H and O–H groups in total. The topological polar surface area (TPSA) is 38.8 Å². The van der Waals surface area contributed by atoms with Crippen LogP contribution in [-0.4, -0.2) is 61.8 Å². The third kappa shape index (κ3) is 4.72. The van der Waals surface area contributed by atoms with Gasteiger partial charge in [-0.1, -0.05) is 6.92 Å². The molecule has 16 heavy (non-hydrogen) atoms. The number of hydrogen-bond donors (Lipinski definition) is 0. The van der Waals surface area contributed by atoms with E-state index in [9.17, 15) is 4.79 Å². The summed E-state index contributed by atoms with van der Waals surface area (Å²) in [6.45, 7) is 5.44. The molecule has 0 aromatic heterocycles. The third-order valence-corrected chi connectivity index (χ3v) is 3.57. The summed E-state index contributed by atoms with van der Waals surface area (Å²) in [5.41, 5.74) is 0. The first-order chi connectivity index (χ1) is 7.77. The Morgan fingerprint density at radius 2 is 2.44 bits per heavy atom. The molecular weight excluding hydrogens is 226 g/mol. The number of rotatable bonds is 6. The number of esters is 1. The highest BCUT2D eigenvalue weighted by Crippen LogP contribution is 2.09. The molecule has 1 heterocycles. The number of carbonyl (C=O) groups excluding carboxylic acids is 1. The molecule has 0 spiro atoms. The van der Waals surface area contributed by atoms with Gasteiger partial charge in [0.2, 0.25) is 0 Å². The Balaban J connectivity index is 2.20. The van der Waals surface area contributed by atoms with E-state index < -0.39 is 6.10 Å². The summed E-state index contributed by atoms with van der Waals surface area (Å²) in [5.74, 6) is 2.11. The highest BCUT2D eigenvalue weighted by atomic mass is 32.2. The van der Waals surface area contributed by atoms with Gasteiger partial charge in [0.1, 0.15) is 0 Å². The number of methoxy groups -OCH3 is 1. The largest absolute Gasteiger partial charge is 0.467 e. The number of thioether (sulfide) groups is 1. The Bertz CT molecular complexity index is 213. The van der Waals surface area contributed by atoms with Crippen molar-refractivity contribution in [3.05, 3.63) is 0 Å². The van der Waals surface area contributed by atoms with Crippen LogP contribution in [-0.2, 0) is 14.3 Å². The van der Waals surface area contributed by atoms with Gasteiger partial charge in [-0.15, -0.1) is 0 Å². The smallest absolute Gasteiger partial charge is 0.336 e. The standard InChI is InChI=1S/C11H21NO3S/c1-3-16-8-4-5-12-6-7-15-10(9-12)11(13)14-2/h10H,3-9H2,1-2H3. The SMILES string of the molecule is CCSCCCN1CCOC(C(=O)OC)C1. The quantitative estimate of drug-likeness (QED) is 0.517. The molecule has 0 saturated carbocycles. The Morgan fingerprint density at radius 1 is 1.62 bits per heavy atom. The molecule has 0 aromatic carbocycles. The zero-order chi connectivity index (χ0) is 11.8. The van der Waals surface area contributed by atoms with E-state index in [4.69, 9.17) is 4.74 Å². The van der Waals surface area contributed by atoms with Crippen molar-refractivity contribution in [1.29, 1.82) is 0 Å². The van der Waals surface area contributed by atoms with Crippen LogP contribution >= 0.6 is 11.8 Å². The van der Waals surface area contributed by atoms with Crippen molar-refractivity contribution in [2.45, 2.75) is 19.4 Å². The number of nitrogens with zero attached hydrogens (tertiary/aromatic N) is 1. The summed E-state index contributed by atoms with van der Waals surface area (Å²) in [6.07, 6.45) is 0.782. The molecule has 94 valence electrons. The van der Waals surface area contributed by atoms with Crippen LogP contribution in [0.5, 0.6) is 0 Å². The summed E-state index contributed by atoms with van der Waals surface area (Å²) in [7, 11) is 1.41. The minimum absolute atomic E-state index is 0.257. The molecular formula is C11H21NO3S. The molecule has 0 radical (unpaired) electrons. The molecule has 1 aliphatic heterocycles. The van der Waals surface area contributed by atoms with Crippen LogP contribution < -0.4 is 0 Å². The van der Waals surface area contributed by atoms with Gasteiger partial charge in [-0.2, -0.15) is 11.8 Å². The average molecular weight is 247 g/mol. The maximum Gasteiger partial charge on any atom is 0.336 e. The number of hydrogen-bond acceptors (Lipinski definition) is 5. The lowest BCUT2D eigenvalue weighted by molar-refractivity contribution is -0.159. The first-order valence-electron chi connectivity index (χ1n) is 5.77. The van der Waals surface area contributed by atoms with Crippen molar-refractivity contribution < 1.29 is 14.3 Å². The summed E-state index contributed by atoms with van der Waals surface area (Å²) >= 11 is 1.96. The first kappa shape index (κ1) is 13.8. The van der Waals surface area contributed by atoms with Gasteiger partial charge in [0, 0.05) is 13.1 Å². The van der Waals surface area contributed by atoms with Gasteiger partial charge < -0.3 is 9.47 Å². The molecule has 4 nitrogen and oxygen atoms in total. The first-order valence-corrected chi connectivity index (χ1v) is 6.93. The summed E-state index contributed by atoms with van der Waals surface area (Å²) in [6, 6.07) is 0. The van der Waals surface area contributed by atoms with Gasteiger partial charge in [0.15, 0.2) is 6.10 Å². The fourth-order valence-corrected chi connectivity index (χ4v) is 2.34. The number of carbonyl (C=O) groups is 1. The van der Waals surface area contributed by atoms with Crippen molar-refractivity contribution >= 4 is 17.7 Å². The summed E-state index contributed by atoms with van der Waals surface area (Å²) in [5, 5.41) is 0.